The molecule has 0 aliphatic rings. The Morgan fingerprint density at radius 3 is 1.55 bits per heavy atom. The Hall–Kier alpha value is -0.980. The minimum atomic E-state index is -5.54. The van der Waals surface area contributed by atoms with E-state index in [0.717, 1.165) is 12.1 Å². The van der Waals surface area contributed by atoms with Gasteiger partial charge in [0.2, 0.25) is 0 Å². The minimum Gasteiger partial charge on any atom is -0.206 e. The van der Waals surface area contributed by atoms with Crippen molar-refractivity contribution in [2.24, 2.45) is 5.92 Å². The van der Waals surface area contributed by atoms with Crippen LogP contribution in [0, 0.1) is 25.6 Å². The fourth-order valence-electron chi connectivity index (χ4n) is 1.85. The van der Waals surface area contributed by atoms with Gasteiger partial charge in [0.15, 0.2) is 5.92 Å². The zero-order valence-electron chi connectivity index (χ0n) is 10.3. The molecule has 0 aromatic heterocycles. The van der Waals surface area contributed by atoms with E-state index in [0.29, 0.717) is 0 Å². The molecule has 1 aromatic rings. The van der Waals surface area contributed by atoms with Crippen molar-refractivity contribution in [3.8, 4) is 0 Å². The molecule has 8 heteroatoms. The van der Waals surface area contributed by atoms with Crippen molar-refractivity contribution in [2.45, 2.75) is 31.6 Å². The first-order chi connectivity index (χ1) is 8.85. The van der Waals surface area contributed by atoms with Gasteiger partial charge < -0.3 is 0 Å². The van der Waals surface area contributed by atoms with Gasteiger partial charge in [-0.25, -0.2) is 4.39 Å². The average Bonchev–Trinajstić information content (AvgIpc) is 2.20. The van der Waals surface area contributed by atoms with Gasteiger partial charge in [-0.1, -0.05) is 12.1 Å². The van der Waals surface area contributed by atoms with Gasteiger partial charge in [0.05, 0.1) is 5.38 Å². The van der Waals surface area contributed by atoms with Crippen molar-refractivity contribution in [1.29, 1.82) is 0 Å². The second-order valence-corrected chi connectivity index (χ2v) is 4.90. The molecule has 0 aliphatic heterocycles. The van der Waals surface area contributed by atoms with Crippen LogP contribution in [0.5, 0.6) is 0 Å². The summed E-state index contributed by atoms with van der Waals surface area (Å²) in [6.07, 6.45) is -11.1. The molecular formula is C12H10ClF7. The molecule has 1 atom stereocenters. The highest BCUT2D eigenvalue weighted by atomic mass is 35.5. The molecule has 0 radical (unpaired) electrons. The summed E-state index contributed by atoms with van der Waals surface area (Å²) in [5.41, 5.74) is -0.537. The molecule has 1 aromatic carbocycles. The van der Waals surface area contributed by atoms with Crippen LogP contribution in [-0.4, -0.2) is 12.4 Å². The Balaban J connectivity index is 3.30. The van der Waals surface area contributed by atoms with Crippen LogP contribution in [-0.2, 0) is 0 Å². The van der Waals surface area contributed by atoms with Gasteiger partial charge in [-0.15, -0.1) is 11.6 Å². The Kier molecular flexibility index (Phi) is 4.63. The van der Waals surface area contributed by atoms with Crippen molar-refractivity contribution >= 4 is 11.6 Å². The maximum absolute atomic E-state index is 13.4. The summed E-state index contributed by atoms with van der Waals surface area (Å²) in [6.45, 7) is 2.48. The topological polar surface area (TPSA) is 0 Å². The normalized spacial score (nSPS) is 14.8. The summed E-state index contributed by atoms with van der Waals surface area (Å²) in [6, 6.07) is 1.79. The van der Waals surface area contributed by atoms with Gasteiger partial charge in [0, 0.05) is 0 Å². The van der Waals surface area contributed by atoms with Crippen LogP contribution in [0.4, 0.5) is 30.7 Å². The van der Waals surface area contributed by atoms with Gasteiger partial charge in [-0.2, -0.15) is 26.3 Å². The van der Waals surface area contributed by atoms with Crippen LogP contribution in [0.1, 0.15) is 22.1 Å². The van der Waals surface area contributed by atoms with Crippen molar-refractivity contribution in [3.05, 3.63) is 34.6 Å². The molecule has 1 unspecified atom stereocenters. The molecular weight excluding hydrogens is 313 g/mol. The fourth-order valence-corrected chi connectivity index (χ4v) is 2.26. The van der Waals surface area contributed by atoms with Gasteiger partial charge in [0.1, 0.15) is 5.82 Å². The van der Waals surface area contributed by atoms with Crippen molar-refractivity contribution in [1.82, 2.24) is 0 Å². The van der Waals surface area contributed by atoms with E-state index in [4.69, 9.17) is 11.6 Å². The number of benzene rings is 1. The molecule has 0 nitrogen and oxygen atoms in total. The second kappa shape index (κ2) is 5.42. The van der Waals surface area contributed by atoms with E-state index in [2.05, 4.69) is 0 Å². The molecule has 0 saturated heterocycles. The van der Waals surface area contributed by atoms with E-state index < -0.39 is 35.0 Å². The molecule has 0 heterocycles. The third kappa shape index (κ3) is 3.56. The maximum Gasteiger partial charge on any atom is 0.402 e. The lowest BCUT2D eigenvalue weighted by atomic mass is 9.94. The van der Waals surface area contributed by atoms with E-state index in [9.17, 15) is 30.7 Å². The van der Waals surface area contributed by atoms with Crippen LogP contribution in [0.15, 0.2) is 12.1 Å². The van der Waals surface area contributed by atoms with Crippen LogP contribution in [0.25, 0.3) is 0 Å². The number of hydrogen-bond acceptors (Lipinski definition) is 0. The van der Waals surface area contributed by atoms with E-state index >= 15 is 0 Å². The van der Waals surface area contributed by atoms with Gasteiger partial charge >= 0.3 is 12.4 Å². The lowest BCUT2D eigenvalue weighted by Gasteiger charge is -2.27. The molecule has 0 amide bonds. The first-order valence-corrected chi connectivity index (χ1v) is 5.83. The maximum atomic E-state index is 13.4. The standard InChI is InChI=1S/C12H10ClF7/c1-5-3-7(4-6(2)9(5)14)8(13)10(11(15,16)17)12(18,19)20/h3-4,8,10H,1-2H3. The Morgan fingerprint density at radius 2 is 1.25 bits per heavy atom. The molecule has 0 spiro atoms. The smallest absolute Gasteiger partial charge is 0.206 e. The number of alkyl halides is 7. The highest BCUT2D eigenvalue weighted by molar-refractivity contribution is 6.21. The predicted octanol–water partition coefficient (Wildman–Crippen LogP) is 5.46. The monoisotopic (exact) mass is 322 g/mol. The van der Waals surface area contributed by atoms with Crippen LogP contribution in [0.2, 0.25) is 0 Å². The molecule has 0 aliphatic carbocycles. The van der Waals surface area contributed by atoms with E-state index in [1.807, 2.05) is 0 Å². The number of aryl methyl sites for hydroxylation is 2. The van der Waals surface area contributed by atoms with Crippen molar-refractivity contribution in [3.63, 3.8) is 0 Å². The highest BCUT2D eigenvalue weighted by Gasteiger charge is 2.60. The average molecular weight is 323 g/mol. The van der Waals surface area contributed by atoms with Gasteiger partial charge in [-0.3, -0.25) is 0 Å². The second-order valence-electron chi connectivity index (χ2n) is 4.43. The molecule has 0 fully saturated rings. The Morgan fingerprint density at radius 1 is 0.900 bits per heavy atom. The first-order valence-electron chi connectivity index (χ1n) is 5.40. The SMILES string of the molecule is Cc1cc(C(Cl)C(C(F)(F)F)C(F)(F)F)cc(C)c1F. The molecule has 20 heavy (non-hydrogen) atoms. The zero-order valence-corrected chi connectivity index (χ0v) is 11.1. The van der Waals surface area contributed by atoms with Crippen molar-refractivity contribution in [2.75, 3.05) is 0 Å². The summed E-state index contributed by atoms with van der Waals surface area (Å²) < 4.78 is 88.7. The first kappa shape index (κ1) is 17.1. The quantitative estimate of drug-likeness (QED) is 0.501. The molecule has 0 N–H and O–H groups in total. The summed E-state index contributed by atoms with van der Waals surface area (Å²) in [5, 5.41) is -2.37. The van der Waals surface area contributed by atoms with E-state index in [-0.39, 0.29) is 11.1 Å². The Bertz CT molecular complexity index is 453. The fraction of sp³-hybridized carbons (Fsp3) is 0.500. The molecule has 114 valence electrons. The summed E-state index contributed by atoms with van der Waals surface area (Å²) in [4.78, 5) is 0. The van der Waals surface area contributed by atoms with Crippen LogP contribution in [0.3, 0.4) is 0 Å². The lowest BCUT2D eigenvalue weighted by Crippen LogP contribution is -2.39. The molecule has 1 rings (SSSR count). The third-order valence-corrected chi connectivity index (χ3v) is 3.28. The number of halogens is 8. The molecule has 0 bridgehead atoms. The largest absolute Gasteiger partial charge is 0.402 e. The van der Waals surface area contributed by atoms with Gasteiger partial charge in [-0.05, 0) is 30.5 Å². The lowest BCUT2D eigenvalue weighted by molar-refractivity contribution is -0.284. The zero-order chi connectivity index (χ0) is 15.9. The van der Waals surface area contributed by atoms with Crippen molar-refractivity contribution < 1.29 is 30.7 Å². The van der Waals surface area contributed by atoms with E-state index in [1.165, 1.54) is 13.8 Å². The molecule has 0 saturated carbocycles. The van der Waals surface area contributed by atoms with E-state index in [1.54, 1.807) is 0 Å². The van der Waals surface area contributed by atoms with Gasteiger partial charge in [0.25, 0.3) is 0 Å². The summed E-state index contributed by atoms with van der Waals surface area (Å²) in [7, 11) is 0. The highest BCUT2D eigenvalue weighted by Crippen LogP contribution is 2.49. The summed E-state index contributed by atoms with van der Waals surface area (Å²) in [5.74, 6) is -4.39. The predicted molar refractivity (Wildman–Crippen MR) is 60.1 cm³/mol. The Labute approximate surface area is 115 Å². The summed E-state index contributed by atoms with van der Waals surface area (Å²) >= 11 is 5.38. The van der Waals surface area contributed by atoms with Crippen LogP contribution >= 0.6 is 11.6 Å². The number of rotatable bonds is 2. The third-order valence-electron chi connectivity index (χ3n) is 2.78. The minimum absolute atomic E-state index is 0.0613. The van der Waals surface area contributed by atoms with Crippen LogP contribution < -0.4 is 0 Å². The number of hydrogen-bond donors (Lipinski definition) is 0.